The molecule has 0 radical (unpaired) electrons. The number of nitrogens with one attached hydrogen (secondary N) is 1. The Labute approximate surface area is 85.8 Å². The molecule has 1 fully saturated rings. The molecule has 3 heteroatoms. The second kappa shape index (κ2) is 6.68. The molecule has 0 saturated carbocycles. The average molecular weight is 203 g/mol. The van der Waals surface area contributed by atoms with E-state index in [-0.39, 0.29) is 0 Å². The lowest BCUT2D eigenvalue weighted by Gasteiger charge is -2.18. The van der Waals surface area contributed by atoms with Crippen molar-refractivity contribution in [2.45, 2.75) is 25.8 Å². The predicted molar refractivity (Wildman–Crippen MR) is 59.4 cm³/mol. The zero-order valence-electron chi connectivity index (χ0n) is 8.71. The topological polar surface area (TPSA) is 21.3 Å². The first kappa shape index (κ1) is 11.3. The van der Waals surface area contributed by atoms with Crippen LogP contribution in [-0.4, -0.2) is 37.8 Å². The molecule has 0 aromatic heterocycles. The fourth-order valence-electron chi connectivity index (χ4n) is 1.66. The number of ether oxygens (including phenoxy) is 1. The van der Waals surface area contributed by atoms with Crippen LogP contribution >= 0.6 is 11.8 Å². The van der Waals surface area contributed by atoms with Crippen molar-refractivity contribution in [3.63, 3.8) is 0 Å². The maximum atomic E-state index is 5.36. The van der Waals surface area contributed by atoms with E-state index in [0.29, 0.717) is 6.04 Å². The lowest BCUT2D eigenvalue weighted by atomic mass is 10.0. The first-order valence-electron chi connectivity index (χ1n) is 5.14. The molecule has 2 atom stereocenters. The van der Waals surface area contributed by atoms with Gasteiger partial charge in [0.2, 0.25) is 0 Å². The zero-order chi connectivity index (χ0) is 9.52. The fourth-order valence-corrected chi connectivity index (χ4v) is 2.09. The van der Waals surface area contributed by atoms with Gasteiger partial charge in [-0.1, -0.05) is 0 Å². The van der Waals surface area contributed by atoms with Gasteiger partial charge in [0.05, 0.1) is 6.61 Å². The molecule has 1 rings (SSSR count). The summed E-state index contributed by atoms with van der Waals surface area (Å²) in [5.74, 6) is 2.01. The van der Waals surface area contributed by atoms with Crippen molar-refractivity contribution >= 4 is 11.8 Å². The molecule has 1 N–H and O–H groups in total. The van der Waals surface area contributed by atoms with E-state index in [4.69, 9.17) is 4.74 Å². The van der Waals surface area contributed by atoms with Crippen molar-refractivity contribution in [3.05, 3.63) is 0 Å². The largest absolute Gasteiger partial charge is 0.381 e. The highest BCUT2D eigenvalue weighted by molar-refractivity contribution is 7.98. The first-order chi connectivity index (χ1) is 6.34. The smallest absolute Gasteiger partial charge is 0.0509 e. The Morgan fingerprint density at radius 2 is 2.46 bits per heavy atom. The maximum Gasteiger partial charge on any atom is 0.0509 e. The molecular weight excluding hydrogens is 182 g/mol. The summed E-state index contributed by atoms with van der Waals surface area (Å²) in [6.07, 6.45) is 4.67. The third-order valence-corrected chi connectivity index (χ3v) is 3.36. The molecule has 78 valence electrons. The van der Waals surface area contributed by atoms with Crippen LogP contribution in [0.15, 0.2) is 0 Å². The van der Waals surface area contributed by atoms with E-state index >= 15 is 0 Å². The Balaban J connectivity index is 1.99. The third kappa shape index (κ3) is 4.34. The van der Waals surface area contributed by atoms with Gasteiger partial charge in [-0.2, -0.15) is 11.8 Å². The molecule has 1 heterocycles. The third-order valence-electron chi connectivity index (χ3n) is 2.66. The van der Waals surface area contributed by atoms with E-state index in [1.165, 1.54) is 18.6 Å². The quantitative estimate of drug-likeness (QED) is 0.665. The van der Waals surface area contributed by atoms with Crippen molar-refractivity contribution in [2.75, 3.05) is 31.8 Å². The molecule has 13 heavy (non-hydrogen) atoms. The van der Waals surface area contributed by atoms with Gasteiger partial charge in [-0.15, -0.1) is 0 Å². The molecule has 1 aliphatic rings. The van der Waals surface area contributed by atoms with Crippen molar-refractivity contribution in [2.24, 2.45) is 5.92 Å². The zero-order valence-corrected chi connectivity index (χ0v) is 9.53. The van der Waals surface area contributed by atoms with Crippen molar-refractivity contribution < 1.29 is 4.74 Å². The highest BCUT2D eigenvalue weighted by atomic mass is 32.2. The molecule has 0 bridgehead atoms. The molecule has 0 amide bonds. The molecular formula is C10H21NOS. The van der Waals surface area contributed by atoms with Gasteiger partial charge in [0.1, 0.15) is 0 Å². The summed E-state index contributed by atoms with van der Waals surface area (Å²) in [5.41, 5.74) is 0. The van der Waals surface area contributed by atoms with Crippen molar-refractivity contribution in [1.82, 2.24) is 5.32 Å². The number of hydrogen-bond donors (Lipinski definition) is 1. The van der Waals surface area contributed by atoms with E-state index in [1.807, 2.05) is 11.8 Å². The first-order valence-corrected chi connectivity index (χ1v) is 6.54. The molecule has 0 aliphatic carbocycles. The van der Waals surface area contributed by atoms with Crippen LogP contribution in [0.4, 0.5) is 0 Å². The number of thioether (sulfide) groups is 1. The summed E-state index contributed by atoms with van der Waals surface area (Å²) < 4.78 is 5.36. The van der Waals surface area contributed by atoms with Gasteiger partial charge in [0, 0.05) is 12.6 Å². The van der Waals surface area contributed by atoms with Crippen LogP contribution in [0.25, 0.3) is 0 Å². The Kier molecular flexibility index (Phi) is 5.83. The minimum absolute atomic E-state index is 0.629. The van der Waals surface area contributed by atoms with Crippen molar-refractivity contribution in [1.29, 1.82) is 0 Å². The maximum absolute atomic E-state index is 5.36. The second-order valence-electron chi connectivity index (χ2n) is 3.71. The molecule has 1 aliphatic heterocycles. The van der Waals surface area contributed by atoms with Crippen molar-refractivity contribution in [3.8, 4) is 0 Å². The van der Waals surface area contributed by atoms with E-state index in [9.17, 15) is 0 Å². The van der Waals surface area contributed by atoms with Gasteiger partial charge in [-0.25, -0.2) is 0 Å². The summed E-state index contributed by atoms with van der Waals surface area (Å²) >= 11 is 1.92. The SMILES string of the molecule is CSCCCNC(C)C1CCOC1. The van der Waals surface area contributed by atoms with Crippen LogP contribution in [0.2, 0.25) is 0 Å². The molecule has 2 nitrogen and oxygen atoms in total. The Bertz CT molecular complexity index is 126. The lowest BCUT2D eigenvalue weighted by molar-refractivity contribution is 0.178. The van der Waals surface area contributed by atoms with E-state index in [2.05, 4.69) is 18.5 Å². The second-order valence-corrected chi connectivity index (χ2v) is 4.70. The normalized spacial score (nSPS) is 24.9. The molecule has 0 spiro atoms. The van der Waals surface area contributed by atoms with Gasteiger partial charge >= 0.3 is 0 Å². The fraction of sp³-hybridized carbons (Fsp3) is 1.00. The molecule has 0 aromatic carbocycles. The van der Waals surface area contributed by atoms with E-state index in [0.717, 1.165) is 25.7 Å². The van der Waals surface area contributed by atoms with Crippen LogP contribution in [0.3, 0.4) is 0 Å². The average Bonchev–Trinajstić information content (AvgIpc) is 2.65. The Morgan fingerprint density at radius 3 is 3.08 bits per heavy atom. The van der Waals surface area contributed by atoms with Crippen LogP contribution in [-0.2, 0) is 4.74 Å². The molecule has 1 saturated heterocycles. The van der Waals surface area contributed by atoms with E-state index in [1.54, 1.807) is 0 Å². The van der Waals surface area contributed by atoms with Gasteiger partial charge in [-0.3, -0.25) is 0 Å². The molecule has 2 unspecified atom stereocenters. The Morgan fingerprint density at radius 1 is 1.62 bits per heavy atom. The van der Waals surface area contributed by atoms with Crippen LogP contribution in [0, 0.1) is 5.92 Å². The van der Waals surface area contributed by atoms with Crippen LogP contribution < -0.4 is 5.32 Å². The summed E-state index contributed by atoms with van der Waals surface area (Å²) in [6.45, 7) is 5.34. The van der Waals surface area contributed by atoms with Gasteiger partial charge in [-0.05, 0) is 44.2 Å². The summed E-state index contributed by atoms with van der Waals surface area (Å²) in [7, 11) is 0. The highest BCUT2D eigenvalue weighted by Crippen LogP contribution is 2.16. The highest BCUT2D eigenvalue weighted by Gasteiger charge is 2.21. The minimum atomic E-state index is 0.629. The van der Waals surface area contributed by atoms with E-state index < -0.39 is 0 Å². The summed E-state index contributed by atoms with van der Waals surface area (Å²) in [6, 6.07) is 0.629. The standard InChI is InChI=1S/C10H21NOS/c1-9(10-4-6-12-8-10)11-5-3-7-13-2/h9-11H,3-8H2,1-2H3. The Hall–Kier alpha value is 0.270. The van der Waals surface area contributed by atoms with Gasteiger partial charge < -0.3 is 10.1 Å². The van der Waals surface area contributed by atoms with Crippen LogP contribution in [0.1, 0.15) is 19.8 Å². The summed E-state index contributed by atoms with van der Waals surface area (Å²) in [5, 5.41) is 3.57. The number of rotatable bonds is 6. The molecule has 0 aromatic rings. The van der Waals surface area contributed by atoms with Gasteiger partial charge in [0.15, 0.2) is 0 Å². The monoisotopic (exact) mass is 203 g/mol. The van der Waals surface area contributed by atoms with Gasteiger partial charge in [0.25, 0.3) is 0 Å². The minimum Gasteiger partial charge on any atom is -0.381 e. The predicted octanol–water partition coefficient (Wildman–Crippen LogP) is 1.75. The lowest BCUT2D eigenvalue weighted by Crippen LogP contribution is -2.34. The van der Waals surface area contributed by atoms with Crippen LogP contribution in [0.5, 0.6) is 0 Å². The summed E-state index contributed by atoms with van der Waals surface area (Å²) in [4.78, 5) is 0. The number of hydrogen-bond acceptors (Lipinski definition) is 3.